The van der Waals surface area contributed by atoms with E-state index in [1.807, 2.05) is 0 Å². The second-order valence-corrected chi connectivity index (χ2v) is 9.16. The highest BCUT2D eigenvalue weighted by Crippen LogP contribution is 2.25. The van der Waals surface area contributed by atoms with Gasteiger partial charge in [-0.25, -0.2) is 5.06 Å². The standard InChI is InChI=1S/C11H23NO2Si/c1-5-7-8-15(3,4)14-12-9-10(6-2)11(12)13/h10H,5-9H2,1-4H3. The van der Waals surface area contributed by atoms with E-state index in [1.54, 1.807) is 5.06 Å². The molecule has 1 amide bonds. The third-order valence-electron chi connectivity index (χ3n) is 2.96. The molecule has 15 heavy (non-hydrogen) atoms. The molecule has 0 radical (unpaired) electrons. The fraction of sp³-hybridized carbons (Fsp3) is 0.909. The number of nitrogens with zero attached hydrogens (tertiary/aromatic N) is 1. The predicted octanol–water partition coefficient (Wildman–Crippen LogP) is 2.79. The van der Waals surface area contributed by atoms with Crippen LogP contribution in [0.1, 0.15) is 33.1 Å². The second kappa shape index (κ2) is 5.12. The smallest absolute Gasteiger partial charge is 0.250 e. The van der Waals surface area contributed by atoms with Gasteiger partial charge in [-0.15, -0.1) is 0 Å². The summed E-state index contributed by atoms with van der Waals surface area (Å²) in [6.45, 7) is 9.42. The lowest BCUT2D eigenvalue weighted by Crippen LogP contribution is -2.56. The van der Waals surface area contributed by atoms with Crippen molar-refractivity contribution in [2.24, 2.45) is 5.92 Å². The Hall–Kier alpha value is -0.353. The molecule has 0 aliphatic carbocycles. The Balaban J connectivity index is 2.33. The SMILES string of the molecule is CCCC[Si](C)(C)ON1CC(CC)C1=O. The molecule has 0 saturated carbocycles. The van der Waals surface area contributed by atoms with E-state index in [1.165, 1.54) is 12.8 Å². The molecule has 0 N–H and O–H groups in total. The van der Waals surface area contributed by atoms with Crippen LogP contribution in [0.3, 0.4) is 0 Å². The highest BCUT2D eigenvalue weighted by Gasteiger charge is 2.39. The van der Waals surface area contributed by atoms with Gasteiger partial charge >= 0.3 is 0 Å². The van der Waals surface area contributed by atoms with E-state index in [0.717, 1.165) is 19.0 Å². The van der Waals surface area contributed by atoms with Crippen molar-refractivity contribution < 1.29 is 9.32 Å². The Morgan fingerprint density at radius 2 is 2.13 bits per heavy atom. The van der Waals surface area contributed by atoms with Crippen LogP contribution in [0.2, 0.25) is 19.1 Å². The summed E-state index contributed by atoms with van der Waals surface area (Å²) >= 11 is 0. The van der Waals surface area contributed by atoms with Crippen molar-refractivity contribution in [3.63, 3.8) is 0 Å². The number of hydrogen-bond acceptors (Lipinski definition) is 2. The lowest BCUT2D eigenvalue weighted by atomic mass is 9.99. The molecule has 1 fully saturated rings. The van der Waals surface area contributed by atoms with Crippen molar-refractivity contribution in [2.45, 2.75) is 52.2 Å². The number of unbranched alkanes of at least 4 members (excludes halogenated alkanes) is 1. The van der Waals surface area contributed by atoms with Gasteiger partial charge in [0.25, 0.3) is 0 Å². The van der Waals surface area contributed by atoms with Crippen LogP contribution in [0.25, 0.3) is 0 Å². The minimum absolute atomic E-state index is 0.189. The molecule has 0 spiro atoms. The summed E-state index contributed by atoms with van der Waals surface area (Å²) in [5.41, 5.74) is 0. The zero-order chi connectivity index (χ0) is 11.5. The molecule has 0 bridgehead atoms. The van der Waals surface area contributed by atoms with Gasteiger partial charge in [-0.1, -0.05) is 26.7 Å². The molecular weight excluding hydrogens is 206 g/mol. The van der Waals surface area contributed by atoms with Crippen LogP contribution in [0, 0.1) is 5.92 Å². The maximum atomic E-state index is 11.6. The van der Waals surface area contributed by atoms with E-state index in [2.05, 4.69) is 26.9 Å². The van der Waals surface area contributed by atoms with Gasteiger partial charge < -0.3 is 4.53 Å². The number of β-lactam (4-membered cyclic amide) rings is 1. The zero-order valence-electron chi connectivity index (χ0n) is 10.4. The van der Waals surface area contributed by atoms with Crippen LogP contribution in [0.15, 0.2) is 0 Å². The van der Waals surface area contributed by atoms with Crippen LogP contribution in [-0.4, -0.2) is 25.8 Å². The van der Waals surface area contributed by atoms with Crippen molar-refractivity contribution in [1.82, 2.24) is 5.06 Å². The number of amides is 1. The van der Waals surface area contributed by atoms with Gasteiger partial charge in [-0.2, -0.15) is 0 Å². The first-order valence-electron chi connectivity index (χ1n) is 6.00. The molecule has 0 aromatic carbocycles. The minimum Gasteiger partial charge on any atom is -0.317 e. The Bertz CT molecular complexity index is 231. The number of carbonyl (C=O) groups is 1. The van der Waals surface area contributed by atoms with Gasteiger partial charge in [0.05, 0.1) is 12.5 Å². The number of hydroxylamine groups is 2. The summed E-state index contributed by atoms with van der Waals surface area (Å²) in [5.74, 6) is 0.413. The molecule has 88 valence electrons. The van der Waals surface area contributed by atoms with Gasteiger partial charge in [0.1, 0.15) is 0 Å². The van der Waals surface area contributed by atoms with E-state index in [0.29, 0.717) is 0 Å². The van der Waals surface area contributed by atoms with Gasteiger partial charge in [-0.05, 0) is 25.6 Å². The first kappa shape index (κ1) is 12.7. The highest BCUT2D eigenvalue weighted by atomic mass is 28.4. The first-order valence-corrected chi connectivity index (χ1v) is 9.12. The molecule has 1 heterocycles. The molecule has 0 aromatic rings. The van der Waals surface area contributed by atoms with E-state index in [9.17, 15) is 4.79 Å². The summed E-state index contributed by atoms with van der Waals surface area (Å²) in [6.07, 6.45) is 3.35. The molecule has 1 saturated heterocycles. The average Bonchev–Trinajstić information content (AvgIpc) is 2.20. The molecule has 1 aliphatic heterocycles. The van der Waals surface area contributed by atoms with E-state index >= 15 is 0 Å². The second-order valence-electron chi connectivity index (χ2n) is 4.96. The number of carbonyl (C=O) groups excluding carboxylic acids is 1. The lowest BCUT2D eigenvalue weighted by molar-refractivity contribution is -0.190. The number of hydrogen-bond donors (Lipinski definition) is 0. The summed E-state index contributed by atoms with van der Waals surface area (Å²) in [4.78, 5) is 11.6. The van der Waals surface area contributed by atoms with Crippen molar-refractivity contribution in [3.8, 4) is 0 Å². The summed E-state index contributed by atoms with van der Waals surface area (Å²) in [5, 5.41) is 1.59. The minimum atomic E-state index is -1.64. The summed E-state index contributed by atoms with van der Waals surface area (Å²) < 4.78 is 5.84. The molecule has 3 nitrogen and oxygen atoms in total. The topological polar surface area (TPSA) is 29.5 Å². The predicted molar refractivity (Wildman–Crippen MR) is 63.8 cm³/mol. The zero-order valence-corrected chi connectivity index (χ0v) is 11.4. The Morgan fingerprint density at radius 3 is 2.60 bits per heavy atom. The van der Waals surface area contributed by atoms with E-state index in [4.69, 9.17) is 4.53 Å². The van der Waals surface area contributed by atoms with Gasteiger partial charge in [0, 0.05) is 0 Å². The van der Waals surface area contributed by atoms with Gasteiger partial charge in [0.15, 0.2) is 0 Å². The normalized spacial score (nSPS) is 21.7. The number of rotatable bonds is 6. The Labute approximate surface area is 93.9 Å². The molecule has 1 unspecified atom stereocenters. The van der Waals surface area contributed by atoms with Crippen LogP contribution in [-0.2, 0) is 9.32 Å². The molecular formula is C11H23NO2Si. The van der Waals surface area contributed by atoms with Crippen LogP contribution in [0.5, 0.6) is 0 Å². The maximum Gasteiger partial charge on any atom is 0.250 e. The van der Waals surface area contributed by atoms with Crippen molar-refractivity contribution in [3.05, 3.63) is 0 Å². The Morgan fingerprint density at radius 1 is 1.47 bits per heavy atom. The molecule has 0 aromatic heterocycles. The van der Waals surface area contributed by atoms with Crippen molar-refractivity contribution in [2.75, 3.05) is 6.54 Å². The highest BCUT2D eigenvalue weighted by molar-refractivity contribution is 6.71. The molecule has 4 heteroatoms. The fourth-order valence-electron chi connectivity index (χ4n) is 1.79. The molecule has 1 atom stereocenters. The van der Waals surface area contributed by atoms with Crippen molar-refractivity contribution in [1.29, 1.82) is 0 Å². The third-order valence-corrected chi connectivity index (χ3v) is 5.24. The maximum absolute atomic E-state index is 11.6. The van der Waals surface area contributed by atoms with Gasteiger partial charge in [0.2, 0.25) is 14.2 Å². The first-order chi connectivity index (χ1) is 7.00. The molecule has 1 rings (SSSR count). The van der Waals surface area contributed by atoms with Crippen molar-refractivity contribution >= 4 is 14.2 Å². The van der Waals surface area contributed by atoms with Crippen LogP contribution < -0.4 is 0 Å². The monoisotopic (exact) mass is 229 g/mol. The quantitative estimate of drug-likeness (QED) is 0.518. The summed E-state index contributed by atoms with van der Waals surface area (Å²) in [7, 11) is -1.64. The largest absolute Gasteiger partial charge is 0.317 e. The molecule has 1 aliphatic rings. The van der Waals surface area contributed by atoms with Crippen LogP contribution in [0.4, 0.5) is 0 Å². The van der Waals surface area contributed by atoms with Crippen LogP contribution >= 0.6 is 0 Å². The summed E-state index contributed by atoms with van der Waals surface area (Å²) in [6, 6.07) is 1.14. The fourth-order valence-corrected chi connectivity index (χ4v) is 3.85. The van der Waals surface area contributed by atoms with E-state index in [-0.39, 0.29) is 11.8 Å². The third kappa shape index (κ3) is 3.31. The van der Waals surface area contributed by atoms with E-state index < -0.39 is 8.32 Å². The average molecular weight is 229 g/mol. The lowest BCUT2D eigenvalue weighted by Gasteiger charge is -2.41. The van der Waals surface area contributed by atoms with Gasteiger partial charge in [-0.3, -0.25) is 4.79 Å². The Kier molecular flexibility index (Phi) is 4.34.